The normalized spacial score (nSPS) is 12.9. The fourth-order valence-electron chi connectivity index (χ4n) is 2.76. The first kappa shape index (κ1) is 16.6. The summed E-state index contributed by atoms with van der Waals surface area (Å²) in [4.78, 5) is 6.52. The number of nitrogens with zero attached hydrogens (tertiary/aromatic N) is 2. The highest BCUT2D eigenvalue weighted by Gasteiger charge is 2.15. The highest BCUT2D eigenvalue weighted by Crippen LogP contribution is 2.26. The zero-order valence-corrected chi connectivity index (χ0v) is 13.9. The van der Waals surface area contributed by atoms with E-state index in [1.54, 1.807) is 0 Å². The Balaban J connectivity index is 1.82. The van der Waals surface area contributed by atoms with Gasteiger partial charge in [0, 0.05) is 18.7 Å². The van der Waals surface area contributed by atoms with Crippen LogP contribution in [0.25, 0.3) is 22.2 Å². The Kier molecular flexibility index (Phi) is 4.94. The van der Waals surface area contributed by atoms with Crippen LogP contribution in [0.1, 0.15) is 11.5 Å². The first-order chi connectivity index (χ1) is 11.6. The first-order valence-corrected chi connectivity index (χ1v) is 7.99. The number of hydrogen-bond acceptors (Lipinski definition) is 5. The molecule has 1 unspecified atom stereocenters. The van der Waals surface area contributed by atoms with Gasteiger partial charge in [0.1, 0.15) is 5.76 Å². The van der Waals surface area contributed by atoms with Gasteiger partial charge in [-0.3, -0.25) is 4.90 Å². The lowest BCUT2D eigenvalue weighted by atomic mass is 10.1. The van der Waals surface area contributed by atoms with Crippen LogP contribution in [0.4, 0.5) is 0 Å². The van der Waals surface area contributed by atoms with Gasteiger partial charge in [0.15, 0.2) is 0 Å². The predicted molar refractivity (Wildman–Crippen MR) is 93.6 cm³/mol. The summed E-state index contributed by atoms with van der Waals surface area (Å²) in [5, 5.41) is 20.8. The number of benzene rings is 2. The van der Waals surface area contributed by atoms with Gasteiger partial charge >= 0.3 is 0 Å². The van der Waals surface area contributed by atoms with Gasteiger partial charge in [-0.2, -0.15) is 0 Å². The second kappa shape index (κ2) is 7.13. The Morgan fingerprint density at radius 1 is 1.17 bits per heavy atom. The van der Waals surface area contributed by atoms with Gasteiger partial charge in [-0.15, -0.1) is 0 Å². The molecule has 0 aliphatic heterocycles. The number of aromatic nitrogens is 1. The first-order valence-electron chi connectivity index (χ1n) is 7.99. The van der Waals surface area contributed by atoms with Gasteiger partial charge in [0.25, 0.3) is 0 Å². The number of aliphatic hydroxyl groups excluding tert-OH is 2. The molecule has 1 aromatic heterocycles. The van der Waals surface area contributed by atoms with Gasteiger partial charge in [-0.1, -0.05) is 30.3 Å². The van der Waals surface area contributed by atoms with Crippen molar-refractivity contribution < 1.29 is 14.6 Å². The van der Waals surface area contributed by atoms with E-state index in [1.807, 2.05) is 37.1 Å². The maximum absolute atomic E-state index is 9.52. The fraction of sp³-hybridized carbons (Fsp3) is 0.316. The van der Waals surface area contributed by atoms with Crippen LogP contribution in [0.2, 0.25) is 0 Å². The molecule has 0 radical (unpaired) electrons. The average Bonchev–Trinajstić information content (AvgIpc) is 2.94. The number of aryl methyl sites for hydroxylation is 1. The minimum atomic E-state index is -0.748. The Bertz CT molecular complexity index is 828. The molecule has 0 fully saturated rings. The van der Waals surface area contributed by atoms with E-state index in [0.29, 0.717) is 19.0 Å². The van der Waals surface area contributed by atoms with E-state index in [9.17, 15) is 5.11 Å². The molecule has 0 saturated carbocycles. The standard InChI is InChI=1S/C19H22N2O3/c1-13-18(11-21(2)10-17(23)12-22)20-19(24-13)16-8-7-14-5-3-4-6-15(14)9-16/h3-9,17,22-23H,10-12H2,1-2H3. The molecule has 5 heteroatoms. The van der Waals surface area contributed by atoms with Crippen molar-refractivity contribution in [1.29, 1.82) is 0 Å². The molecule has 24 heavy (non-hydrogen) atoms. The summed E-state index contributed by atoms with van der Waals surface area (Å²) in [6.07, 6.45) is -0.748. The molecular weight excluding hydrogens is 304 g/mol. The van der Waals surface area contributed by atoms with Crippen molar-refractivity contribution in [3.05, 3.63) is 53.9 Å². The summed E-state index contributed by atoms with van der Waals surface area (Å²) < 4.78 is 5.83. The zero-order chi connectivity index (χ0) is 17.1. The highest BCUT2D eigenvalue weighted by atomic mass is 16.4. The molecule has 0 aliphatic rings. The summed E-state index contributed by atoms with van der Waals surface area (Å²) in [5.74, 6) is 1.37. The molecular formula is C19H22N2O3. The Morgan fingerprint density at radius 3 is 2.67 bits per heavy atom. The van der Waals surface area contributed by atoms with Gasteiger partial charge in [-0.05, 0) is 36.9 Å². The van der Waals surface area contributed by atoms with Crippen LogP contribution >= 0.6 is 0 Å². The molecule has 0 aliphatic carbocycles. The lowest BCUT2D eigenvalue weighted by Crippen LogP contribution is -2.31. The van der Waals surface area contributed by atoms with E-state index in [4.69, 9.17) is 9.52 Å². The fourth-order valence-corrected chi connectivity index (χ4v) is 2.76. The predicted octanol–water partition coefficient (Wildman–Crippen LogP) is 2.59. The van der Waals surface area contributed by atoms with Crippen LogP contribution in [0.15, 0.2) is 46.9 Å². The maximum Gasteiger partial charge on any atom is 0.226 e. The van der Waals surface area contributed by atoms with Gasteiger partial charge < -0.3 is 14.6 Å². The van der Waals surface area contributed by atoms with Crippen LogP contribution in [0, 0.1) is 6.92 Å². The van der Waals surface area contributed by atoms with Crippen LogP contribution in [-0.2, 0) is 6.54 Å². The SMILES string of the molecule is Cc1oc(-c2ccc3ccccc3c2)nc1CN(C)CC(O)CO. The third-order valence-corrected chi connectivity index (χ3v) is 4.04. The van der Waals surface area contributed by atoms with Crippen molar-refractivity contribution in [3.8, 4) is 11.5 Å². The molecule has 1 atom stereocenters. The minimum absolute atomic E-state index is 0.246. The van der Waals surface area contributed by atoms with Gasteiger partial charge in [0.2, 0.25) is 5.89 Å². The third-order valence-electron chi connectivity index (χ3n) is 4.04. The van der Waals surface area contributed by atoms with E-state index in [0.717, 1.165) is 22.4 Å². The van der Waals surface area contributed by atoms with Crippen LogP contribution < -0.4 is 0 Å². The molecule has 0 bridgehead atoms. The molecule has 0 saturated heterocycles. The number of oxazole rings is 1. The second-order valence-electron chi connectivity index (χ2n) is 6.12. The zero-order valence-electron chi connectivity index (χ0n) is 13.9. The second-order valence-corrected chi connectivity index (χ2v) is 6.12. The van der Waals surface area contributed by atoms with E-state index >= 15 is 0 Å². The summed E-state index contributed by atoms with van der Waals surface area (Å²) in [7, 11) is 1.88. The molecule has 0 spiro atoms. The van der Waals surface area contributed by atoms with Crippen molar-refractivity contribution >= 4 is 10.8 Å². The van der Waals surface area contributed by atoms with Crippen molar-refractivity contribution in [3.63, 3.8) is 0 Å². The van der Waals surface area contributed by atoms with Crippen molar-refractivity contribution in [2.24, 2.45) is 0 Å². The van der Waals surface area contributed by atoms with E-state index in [1.165, 1.54) is 5.39 Å². The third kappa shape index (κ3) is 3.64. The average molecular weight is 326 g/mol. The molecule has 2 N–H and O–H groups in total. The summed E-state index contributed by atoms with van der Waals surface area (Å²) >= 11 is 0. The molecule has 2 aromatic carbocycles. The largest absolute Gasteiger partial charge is 0.441 e. The van der Waals surface area contributed by atoms with E-state index < -0.39 is 6.10 Å². The maximum atomic E-state index is 9.52. The lowest BCUT2D eigenvalue weighted by Gasteiger charge is -2.18. The molecule has 126 valence electrons. The molecule has 1 heterocycles. The van der Waals surface area contributed by atoms with Crippen molar-refractivity contribution in [2.45, 2.75) is 19.6 Å². The van der Waals surface area contributed by atoms with Crippen molar-refractivity contribution in [2.75, 3.05) is 20.2 Å². The van der Waals surface area contributed by atoms with Crippen LogP contribution in [0.3, 0.4) is 0 Å². The monoisotopic (exact) mass is 326 g/mol. The highest BCUT2D eigenvalue weighted by molar-refractivity contribution is 5.86. The summed E-state index contributed by atoms with van der Waals surface area (Å²) in [6.45, 7) is 2.59. The van der Waals surface area contributed by atoms with Crippen LogP contribution in [-0.4, -0.2) is 46.4 Å². The molecule has 0 amide bonds. The molecule has 5 nitrogen and oxygen atoms in total. The molecule has 3 aromatic rings. The molecule has 3 rings (SSSR count). The summed E-state index contributed by atoms with van der Waals surface area (Å²) in [5.41, 5.74) is 1.78. The minimum Gasteiger partial charge on any atom is -0.441 e. The van der Waals surface area contributed by atoms with Crippen LogP contribution in [0.5, 0.6) is 0 Å². The smallest absolute Gasteiger partial charge is 0.226 e. The Morgan fingerprint density at radius 2 is 1.92 bits per heavy atom. The van der Waals surface area contributed by atoms with Gasteiger partial charge in [-0.25, -0.2) is 4.98 Å². The van der Waals surface area contributed by atoms with E-state index in [-0.39, 0.29) is 6.61 Å². The summed E-state index contributed by atoms with van der Waals surface area (Å²) in [6, 6.07) is 14.3. The Labute approximate surface area is 141 Å². The number of rotatable bonds is 6. The number of likely N-dealkylation sites (N-methyl/N-ethyl adjacent to an activating group) is 1. The Hall–Kier alpha value is -2.21. The number of fused-ring (bicyclic) bond motifs is 1. The van der Waals surface area contributed by atoms with Crippen molar-refractivity contribution in [1.82, 2.24) is 9.88 Å². The topological polar surface area (TPSA) is 69.7 Å². The number of hydrogen-bond donors (Lipinski definition) is 2. The number of aliphatic hydroxyl groups is 2. The van der Waals surface area contributed by atoms with E-state index in [2.05, 4.69) is 29.2 Å². The van der Waals surface area contributed by atoms with Gasteiger partial charge in [0.05, 0.1) is 18.4 Å². The lowest BCUT2D eigenvalue weighted by molar-refractivity contribution is 0.0644. The quantitative estimate of drug-likeness (QED) is 0.729.